The van der Waals surface area contributed by atoms with E-state index >= 15 is 0 Å². The molecule has 0 aliphatic heterocycles. The topological polar surface area (TPSA) is 3.24 Å². The van der Waals surface area contributed by atoms with E-state index in [2.05, 4.69) is 56.9 Å². The zero-order valence-corrected chi connectivity index (χ0v) is 11.2. The average Bonchev–Trinajstić information content (AvgIpc) is 2.27. The molecule has 1 heteroatoms. The lowest BCUT2D eigenvalue weighted by molar-refractivity contribution is 0.195. The molecule has 16 heavy (non-hydrogen) atoms. The second-order valence-corrected chi connectivity index (χ2v) is 4.72. The summed E-state index contributed by atoms with van der Waals surface area (Å²) in [6.07, 6.45) is 2.46. The minimum absolute atomic E-state index is 0.681. The molecule has 1 nitrogen and oxygen atoms in total. The fraction of sp³-hybridized carbons (Fsp3) is 0.600. The van der Waals surface area contributed by atoms with Gasteiger partial charge in [-0.3, -0.25) is 4.90 Å². The summed E-state index contributed by atoms with van der Waals surface area (Å²) in [7, 11) is 0. The van der Waals surface area contributed by atoms with Crippen molar-refractivity contribution in [2.75, 3.05) is 6.54 Å². The fourth-order valence-corrected chi connectivity index (χ4v) is 2.05. The Kier molecular flexibility index (Phi) is 5.54. The van der Waals surface area contributed by atoms with Gasteiger partial charge in [0.05, 0.1) is 0 Å². The van der Waals surface area contributed by atoms with Crippen LogP contribution in [0.25, 0.3) is 0 Å². The van der Waals surface area contributed by atoms with E-state index in [9.17, 15) is 0 Å². The van der Waals surface area contributed by atoms with E-state index in [1.807, 2.05) is 0 Å². The molecule has 0 saturated heterocycles. The maximum absolute atomic E-state index is 2.58. The first-order valence-corrected chi connectivity index (χ1v) is 6.47. The Morgan fingerprint density at radius 2 is 2.00 bits per heavy atom. The van der Waals surface area contributed by atoms with E-state index in [1.165, 1.54) is 30.5 Å². The predicted octanol–water partition coefficient (Wildman–Crippen LogP) is 4.01. The van der Waals surface area contributed by atoms with Gasteiger partial charge < -0.3 is 0 Å². The molecule has 0 amide bonds. The Balaban J connectivity index is 2.67. The quantitative estimate of drug-likeness (QED) is 0.699. The highest BCUT2D eigenvalue weighted by molar-refractivity contribution is 5.22. The number of rotatable bonds is 6. The smallest absolute Gasteiger partial charge is 0.0236 e. The second-order valence-electron chi connectivity index (χ2n) is 4.72. The molecule has 1 rings (SSSR count). The van der Waals surface area contributed by atoms with Gasteiger partial charge in [-0.1, -0.05) is 43.7 Å². The van der Waals surface area contributed by atoms with Crippen molar-refractivity contribution in [2.24, 2.45) is 0 Å². The van der Waals surface area contributed by atoms with Crippen LogP contribution in [-0.4, -0.2) is 17.5 Å². The standard InChI is InChI=1S/C15H25N/c1-5-10-16(14(4)6-2)12-15-9-7-8-13(3)11-15/h7-9,11,14H,5-6,10,12H2,1-4H3. The lowest BCUT2D eigenvalue weighted by Crippen LogP contribution is -2.32. The number of nitrogens with zero attached hydrogens (tertiary/aromatic N) is 1. The van der Waals surface area contributed by atoms with Gasteiger partial charge in [-0.15, -0.1) is 0 Å². The normalized spacial score (nSPS) is 13.1. The van der Waals surface area contributed by atoms with Crippen LogP contribution in [0.5, 0.6) is 0 Å². The zero-order valence-electron chi connectivity index (χ0n) is 11.2. The van der Waals surface area contributed by atoms with E-state index in [1.54, 1.807) is 0 Å². The summed E-state index contributed by atoms with van der Waals surface area (Å²) >= 11 is 0. The van der Waals surface area contributed by atoms with Crippen molar-refractivity contribution in [1.29, 1.82) is 0 Å². The Labute approximate surface area is 100 Å². The molecule has 0 spiro atoms. The first kappa shape index (κ1) is 13.2. The molecule has 0 aliphatic carbocycles. The summed E-state index contributed by atoms with van der Waals surface area (Å²) in [4.78, 5) is 2.58. The zero-order chi connectivity index (χ0) is 12.0. The van der Waals surface area contributed by atoms with Crippen molar-refractivity contribution in [3.63, 3.8) is 0 Å². The van der Waals surface area contributed by atoms with Crippen LogP contribution < -0.4 is 0 Å². The third-order valence-electron chi connectivity index (χ3n) is 3.19. The molecule has 0 bridgehead atoms. The summed E-state index contributed by atoms with van der Waals surface area (Å²) in [5, 5.41) is 0. The molecule has 0 radical (unpaired) electrons. The molecule has 90 valence electrons. The summed E-state index contributed by atoms with van der Waals surface area (Å²) in [5.41, 5.74) is 2.80. The minimum Gasteiger partial charge on any atom is -0.296 e. The monoisotopic (exact) mass is 219 g/mol. The highest BCUT2D eigenvalue weighted by atomic mass is 15.1. The van der Waals surface area contributed by atoms with Crippen LogP contribution in [0.2, 0.25) is 0 Å². The van der Waals surface area contributed by atoms with Gasteiger partial charge in [-0.05, 0) is 38.8 Å². The fourth-order valence-electron chi connectivity index (χ4n) is 2.05. The molecule has 0 N–H and O–H groups in total. The van der Waals surface area contributed by atoms with Gasteiger partial charge in [0.2, 0.25) is 0 Å². The first-order valence-electron chi connectivity index (χ1n) is 6.47. The van der Waals surface area contributed by atoms with Gasteiger partial charge in [0, 0.05) is 12.6 Å². The molecule has 1 aromatic rings. The van der Waals surface area contributed by atoms with Crippen molar-refractivity contribution in [3.05, 3.63) is 35.4 Å². The molecule has 0 heterocycles. The molecule has 0 saturated carbocycles. The highest BCUT2D eigenvalue weighted by Crippen LogP contribution is 2.12. The number of aryl methyl sites for hydroxylation is 1. The third-order valence-corrected chi connectivity index (χ3v) is 3.19. The Bertz CT molecular complexity index is 306. The van der Waals surface area contributed by atoms with E-state index < -0.39 is 0 Å². The van der Waals surface area contributed by atoms with Crippen molar-refractivity contribution in [2.45, 2.75) is 53.1 Å². The Morgan fingerprint density at radius 3 is 2.56 bits per heavy atom. The molecule has 1 atom stereocenters. The Hall–Kier alpha value is -0.820. The van der Waals surface area contributed by atoms with Crippen LogP contribution in [0.4, 0.5) is 0 Å². The van der Waals surface area contributed by atoms with Crippen molar-refractivity contribution in [1.82, 2.24) is 4.90 Å². The van der Waals surface area contributed by atoms with Crippen LogP contribution in [0.3, 0.4) is 0 Å². The minimum atomic E-state index is 0.681. The van der Waals surface area contributed by atoms with Gasteiger partial charge in [-0.25, -0.2) is 0 Å². The van der Waals surface area contributed by atoms with Crippen LogP contribution in [0.15, 0.2) is 24.3 Å². The van der Waals surface area contributed by atoms with Gasteiger partial charge in [-0.2, -0.15) is 0 Å². The van der Waals surface area contributed by atoms with Crippen molar-refractivity contribution < 1.29 is 0 Å². The van der Waals surface area contributed by atoms with Crippen LogP contribution in [0, 0.1) is 6.92 Å². The molecular formula is C15H25N. The maximum atomic E-state index is 2.58. The summed E-state index contributed by atoms with van der Waals surface area (Å²) < 4.78 is 0. The third kappa shape index (κ3) is 3.97. The highest BCUT2D eigenvalue weighted by Gasteiger charge is 2.11. The SMILES string of the molecule is CCCN(Cc1cccc(C)c1)C(C)CC. The summed E-state index contributed by atoms with van der Waals surface area (Å²) in [6.45, 7) is 11.3. The van der Waals surface area contributed by atoms with E-state index in [0.29, 0.717) is 6.04 Å². The molecule has 0 aromatic heterocycles. The van der Waals surface area contributed by atoms with E-state index in [0.717, 1.165) is 6.54 Å². The maximum Gasteiger partial charge on any atom is 0.0236 e. The van der Waals surface area contributed by atoms with Crippen LogP contribution in [0.1, 0.15) is 44.7 Å². The van der Waals surface area contributed by atoms with Crippen molar-refractivity contribution in [3.8, 4) is 0 Å². The first-order chi connectivity index (χ1) is 7.67. The molecule has 0 aliphatic rings. The predicted molar refractivity (Wildman–Crippen MR) is 71.6 cm³/mol. The number of hydrogen-bond acceptors (Lipinski definition) is 1. The van der Waals surface area contributed by atoms with Gasteiger partial charge >= 0.3 is 0 Å². The van der Waals surface area contributed by atoms with Crippen molar-refractivity contribution >= 4 is 0 Å². The average molecular weight is 219 g/mol. The molecule has 0 fully saturated rings. The second kappa shape index (κ2) is 6.70. The largest absolute Gasteiger partial charge is 0.296 e. The lowest BCUT2D eigenvalue weighted by Gasteiger charge is -2.28. The van der Waals surface area contributed by atoms with E-state index in [-0.39, 0.29) is 0 Å². The number of benzene rings is 1. The molecule has 1 unspecified atom stereocenters. The van der Waals surface area contributed by atoms with Gasteiger partial charge in [0.15, 0.2) is 0 Å². The summed E-state index contributed by atoms with van der Waals surface area (Å²) in [5.74, 6) is 0. The lowest BCUT2D eigenvalue weighted by atomic mass is 10.1. The van der Waals surface area contributed by atoms with Gasteiger partial charge in [0.1, 0.15) is 0 Å². The van der Waals surface area contributed by atoms with Crippen LogP contribution >= 0.6 is 0 Å². The molecular weight excluding hydrogens is 194 g/mol. The summed E-state index contributed by atoms with van der Waals surface area (Å²) in [6, 6.07) is 9.53. The number of hydrogen-bond donors (Lipinski definition) is 0. The van der Waals surface area contributed by atoms with Crippen LogP contribution in [-0.2, 0) is 6.54 Å². The van der Waals surface area contributed by atoms with Gasteiger partial charge in [0.25, 0.3) is 0 Å². The molecule has 1 aromatic carbocycles. The van der Waals surface area contributed by atoms with E-state index in [4.69, 9.17) is 0 Å². The Morgan fingerprint density at radius 1 is 1.25 bits per heavy atom.